The lowest BCUT2D eigenvalue weighted by Gasteiger charge is -2.33. The number of rotatable bonds is 6. The van der Waals surface area contributed by atoms with E-state index in [1.807, 2.05) is 0 Å². The van der Waals surface area contributed by atoms with Gasteiger partial charge in [-0.25, -0.2) is 0 Å². The number of fused-ring (bicyclic) bond motifs is 1. The smallest absolute Gasteiger partial charge is 0.281 e. The molecule has 0 bridgehead atoms. The van der Waals surface area contributed by atoms with E-state index in [0.717, 1.165) is 38.9 Å². The molecule has 0 aromatic heterocycles. The predicted octanol–water partition coefficient (Wildman–Crippen LogP) is -0.204. The molecule has 1 unspecified atom stereocenters. The van der Waals surface area contributed by atoms with E-state index in [1.165, 1.54) is 16.0 Å². The number of nitrogens with one attached hydrogen (secondary N) is 2. The van der Waals surface area contributed by atoms with Gasteiger partial charge in [-0.1, -0.05) is 24.3 Å². The number of quaternary nitrogens is 1. The normalized spacial score (nSPS) is 24.3. The van der Waals surface area contributed by atoms with Crippen molar-refractivity contribution in [2.75, 3.05) is 45.8 Å². The van der Waals surface area contributed by atoms with Crippen molar-refractivity contribution in [3.8, 4) is 0 Å². The van der Waals surface area contributed by atoms with Crippen molar-refractivity contribution in [2.45, 2.75) is 38.6 Å². The second-order valence-corrected chi connectivity index (χ2v) is 10.5. The maximum atomic E-state index is 12.6. The zero-order valence-electron chi connectivity index (χ0n) is 17.1. The van der Waals surface area contributed by atoms with Crippen molar-refractivity contribution in [1.29, 1.82) is 0 Å². The fourth-order valence-electron chi connectivity index (χ4n) is 4.79. The Morgan fingerprint density at radius 1 is 1.03 bits per heavy atom. The van der Waals surface area contributed by atoms with Gasteiger partial charge in [0, 0.05) is 44.1 Å². The van der Waals surface area contributed by atoms with Gasteiger partial charge < -0.3 is 10.2 Å². The first kappa shape index (κ1) is 20.8. The lowest BCUT2D eigenvalue weighted by molar-refractivity contribution is -0.914. The topological polar surface area (TPSA) is 74.2 Å². The Morgan fingerprint density at radius 3 is 2.41 bits per heavy atom. The molecule has 3 aliphatic rings. The molecule has 3 aliphatic heterocycles. The second kappa shape index (κ2) is 9.12. The maximum Gasteiger partial charge on any atom is 0.281 e. The first-order valence-electron chi connectivity index (χ1n) is 11.0. The number of benzene rings is 1. The summed E-state index contributed by atoms with van der Waals surface area (Å²) in [6.45, 7) is 5.91. The van der Waals surface area contributed by atoms with Crippen LogP contribution in [0.3, 0.4) is 0 Å². The molecule has 29 heavy (non-hydrogen) atoms. The number of piperidine rings is 1. The zero-order valence-corrected chi connectivity index (χ0v) is 17.9. The molecule has 4 rings (SSSR count). The highest BCUT2D eigenvalue weighted by atomic mass is 32.2. The molecule has 1 atom stereocenters. The van der Waals surface area contributed by atoms with Crippen molar-refractivity contribution in [1.82, 2.24) is 13.9 Å². The van der Waals surface area contributed by atoms with Gasteiger partial charge in [-0.15, -0.1) is 0 Å². The summed E-state index contributed by atoms with van der Waals surface area (Å²) >= 11 is 0. The molecule has 1 amide bonds. The van der Waals surface area contributed by atoms with Gasteiger partial charge in [0.2, 0.25) is 5.91 Å². The van der Waals surface area contributed by atoms with E-state index in [9.17, 15) is 13.2 Å². The molecular weight excluding hydrogens is 388 g/mol. The van der Waals surface area contributed by atoms with Crippen LogP contribution in [0.2, 0.25) is 0 Å². The van der Waals surface area contributed by atoms with Gasteiger partial charge in [0.15, 0.2) is 0 Å². The Kier molecular flexibility index (Phi) is 6.53. The summed E-state index contributed by atoms with van der Waals surface area (Å²) in [7, 11) is -3.34. The Hall–Kier alpha value is -1.48. The van der Waals surface area contributed by atoms with Crippen LogP contribution < -0.4 is 10.2 Å². The Balaban J connectivity index is 1.19. The van der Waals surface area contributed by atoms with Gasteiger partial charge in [-0.2, -0.15) is 17.0 Å². The Labute approximate surface area is 174 Å². The molecule has 7 nitrogen and oxygen atoms in total. The highest BCUT2D eigenvalue weighted by Gasteiger charge is 2.35. The molecule has 2 saturated heterocycles. The van der Waals surface area contributed by atoms with E-state index in [4.69, 9.17) is 0 Å². The number of carbonyl (C=O) groups is 1. The largest absolute Gasteiger partial charge is 0.350 e. The van der Waals surface area contributed by atoms with E-state index in [-0.39, 0.29) is 11.8 Å². The SMILES string of the molecule is O=C(NCC[NH+]1CCc2ccccc2C1)C1CCN(S(=O)(=O)N2CCCC2)CC1. The number of amides is 1. The van der Waals surface area contributed by atoms with Crippen molar-refractivity contribution in [3.05, 3.63) is 35.4 Å². The van der Waals surface area contributed by atoms with Crippen LogP contribution >= 0.6 is 0 Å². The second-order valence-electron chi connectivity index (χ2n) is 8.52. The third-order valence-corrected chi connectivity index (χ3v) is 8.66. The third-order valence-electron chi connectivity index (χ3n) is 6.63. The quantitative estimate of drug-likeness (QED) is 0.668. The highest BCUT2D eigenvalue weighted by molar-refractivity contribution is 7.86. The summed E-state index contributed by atoms with van der Waals surface area (Å²) in [5, 5.41) is 3.09. The molecule has 0 aliphatic carbocycles. The van der Waals surface area contributed by atoms with Crippen LogP contribution in [0.15, 0.2) is 24.3 Å². The summed E-state index contributed by atoms with van der Waals surface area (Å²) in [5.41, 5.74) is 2.88. The van der Waals surface area contributed by atoms with Crippen LogP contribution in [0, 0.1) is 5.92 Å². The van der Waals surface area contributed by atoms with Gasteiger partial charge in [-0.05, 0) is 31.2 Å². The van der Waals surface area contributed by atoms with Crippen LogP contribution in [-0.2, 0) is 28.0 Å². The predicted molar refractivity (Wildman–Crippen MR) is 112 cm³/mol. The summed E-state index contributed by atoms with van der Waals surface area (Å²) in [6.07, 6.45) is 4.22. The van der Waals surface area contributed by atoms with Gasteiger partial charge in [0.05, 0.1) is 19.6 Å². The van der Waals surface area contributed by atoms with Crippen molar-refractivity contribution in [2.24, 2.45) is 5.92 Å². The third kappa shape index (κ3) is 4.82. The minimum atomic E-state index is -3.34. The van der Waals surface area contributed by atoms with Gasteiger partial charge in [-0.3, -0.25) is 4.79 Å². The van der Waals surface area contributed by atoms with Gasteiger partial charge in [0.25, 0.3) is 10.2 Å². The minimum absolute atomic E-state index is 0.0721. The number of hydrogen-bond donors (Lipinski definition) is 2. The van der Waals surface area contributed by atoms with E-state index < -0.39 is 10.2 Å². The molecule has 3 heterocycles. The lowest BCUT2D eigenvalue weighted by atomic mass is 9.97. The number of hydrogen-bond acceptors (Lipinski definition) is 3. The summed E-state index contributed by atoms with van der Waals surface area (Å²) in [6, 6.07) is 8.62. The van der Waals surface area contributed by atoms with Crippen LogP contribution in [0.25, 0.3) is 0 Å². The molecule has 160 valence electrons. The minimum Gasteiger partial charge on any atom is -0.350 e. The fourth-order valence-corrected chi connectivity index (χ4v) is 6.51. The Morgan fingerprint density at radius 2 is 1.69 bits per heavy atom. The number of carbonyl (C=O) groups excluding carboxylic acids is 1. The van der Waals surface area contributed by atoms with Crippen LogP contribution in [0.5, 0.6) is 0 Å². The van der Waals surface area contributed by atoms with Crippen molar-refractivity contribution in [3.63, 3.8) is 0 Å². The van der Waals surface area contributed by atoms with Gasteiger partial charge in [0.1, 0.15) is 6.54 Å². The van der Waals surface area contributed by atoms with E-state index in [1.54, 1.807) is 8.61 Å². The number of nitrogens with zero attached hydrogens (tertiary/aromatic N) is 2. The molecule has 0 spiro atoms. The molecule has 2 N–H and O–H groups in total. The molecule has 1 aromatic carbocycles. The van der Waals surface area contributed by atoms with Crippen LogP contribution in [-0.4, -0.2) is 68.7 Å². The van der Waals surface area contributed by atoms with Crippen molar-refractivity contribution >= 4 is 16.1 Å². The summed E-state index contributed by atoms with van der Waals surface area (Å²) in [4.78, 5) is 14.1. The molecule has 2 fully saturated rings. The molecule has 0 saturated carbocycles. The van der Waals surface area contributed by atoms with E-state index in [0.29, 0.717) is 45.6 Å². The first-order valence-corrected chi connectivity index (χ1v) is 12.4. The van der Waals surface area contributed by atoms with Crippen LogP contribution in [0.1, 0.15) is 36.8 Å². The maximum absolute atomic E-state index is 12.6. The molecule has 0 radical (unpaired) electrons. The first-order chi connectivity index (χ1) is 14.0. The lowest BCUT2D eigenvalue weighted by Crippen LogP contribution is -3.12. The van der Waals surface area contributed by atoms with E-state index >= 15 is 0 Å². The molecule has 8 heteroatoms. The summed E-state index contributed by atoms with van der Waals surface area (Å²) < 4.78 is 28.5. The average Bonchev–Trinajstić information content (AvgIpc) is 3.29. The van der Waals surface area contributed by atoms with Crippen molar-refractivity contribution < 1.29 is 18.1 Å². The fraction of sp³-hybridized carbons (Fsp3) is 0.667. The Bertz CT molecular complexity index is 815. The molecule has 1 aromatic rings. The highest BCUT2D eigenvalue weighted by Crippen LogP contribution is 2.23. The van der Waals surface area contributed by atoms with Gasteiger partial charge >= 0.3 is 0 Å². The zero-order chi connectivity index (χ0) is 20.3. The van der Waals surface area contributed by atoms with E-state index in [2.05, 4.69) is 29.6 Å². The summed E-state index contributed by atoms with van der Waals surface area (Å²) in [5.74, 6) is 0.0112. The average molecular weight is 422 g/mol. The standard InChI is InChI=1S/C21H32N4O3S/c26-21(22-10-16-23-13-7-18-5-1-2-6-20(18)17-23)19-8-14-25(15-9-19)29(27,28)24-11-3-4-12-24/h1-2,5-6,19H,3-4,7-17H2,(H,22,26)/p+1. The monoisotopic (exact) mass is 421 g/mol. The van der Waals surface area contributed by atoms with Crippen LogP contribution in [0.4, 0.5) is 0 Å². The molecular formula is C21H33N4O3S+.